The maximum Gasteiger partial charge on any atom is 0.280 e. The Hall–Kier alpha value is -3.46. The van der Waals surface area contributed by atoms with Crippen molar-refractivity contribution in [2.75, 3.05) is 13.2 Å². The number of rotatable bonds is 4. The summed E-state index contributed by atoms with van der Waals surface area (Å²) < 4.78 is 41.0. The van der Waals surface area contributed by atoms with Crippen molar-refractivity contribution in [1.82, 2.24) is 25.1 Å². The number of hydrogen-bond donors (Lipinski definition) is 0. The van der Waals surface area contributed by atoms with Gasteiger partial charge in [0.2, 0.25) is 5.82 Å². The van der Waals surface area contributed by atoms with Crippen LogP contribution in [-0.4, -0.2) is 38.3 Å². The van der Waals surface area contributed by atoms with Gasteiger partial charge >= 0.3 is 0 Å². The third-order valence-electron chi connectivity index (χ3n) is 5.14. The van der Waals surface area contributed by atoms with E-state index in [2.05, 4.69) is 20.5 Å². The molecule has 0 unspecified atom stereocenters. The van der Waals surface area contributed by atoms with E-state index < -0.39 is 11.6 Å². The summed E-state index contributed by atoms with van der Waals surface area (Å²) in [6, 6.07) is 12.5. The minimum Gasteiger partial charge on any atom is -0.381 e. The van der Waals surface area contributed by atoms with E-state index in [0.29, 0.717) is 24.6 Å². The van der Waals surface area contributed by atoms with E-state index in [-0.39, 0.29) is 28.9 Å². The number of para-hydroxylation sites is 1. The molecule has 7 nitrogen and oxygen atoms in total. The molecule has 9 heteroatoms. The average molecular weight is 409 g/mol. The molecule has 1 saturated heterocycles. The summed E-state index contributed by atoms with van der Waals surface area (Å²) in [6.45, 7) is 1.16. The lowest BCUT2D eigenvalue weighted by Crippen LogP contribution is -2.18. The van der Waals surface area contributed by atoms with Crippen LogP contribution in [0.1, 0.15) is 24.5 Å². The standard InChI is InChI=1S/C21H17F2N5O2/c22-15-6-2-1-5-14(15)20-24-21(30-26-20)18-19(13-9-11-29-12-10-13)28(27-25-18)17-8-4-3-7-16(17)23/h1-8,13H,9-12H2. The number of benzene rings is 2. The molecule has 0 radical (unpaired) electrons. The van der Waals surface area contributed by atoms with Gasteiger partial charge in [0.1, 0.15) is 17.3 Å². The Morgan fingerprint density at radius 3 is 2.43 bits per heavy atom. The summed E-state index contributed by atoms with van der Waals surface area (Å²) in [5, 5.41) is 12.3. The molecule has 1 aliphatic heterocycles. The van der Waals surface area contributed by atoms with Crippen molar-refractivity contribution in [3.63, 3.8) is 0 Å². The predicted molar refractivity (Wildman–Crippen MR) is 103 cm³/mol. The molecule has 0 spiro atoms. The van der Waals surface area contributed by atoms with Crippen LogP contribution in [-0.2, 0) is 4.74 Å². The number of nitrogens with zero attached hydrogens (tertiary/aromatic N) is 5. The summed E-state index contributed by atoms with van der Waals surface area (Å²) >= 11 is 0. The highest BCUT2D eigenvalue weighted by Gasteiger charge is 2.30. The first-order chi connectivity index (χ1) is 14.7. The molecule has 5 rings (SSSR count). The number of hydrogen-bond acceptors (Lipinski definition) is 6. The van der Waals surface area contributed by atoms with Crippen molar-refractivity contribution < 1.29 is 18.0 Å². The highest BCUT2D eigenvalue weighted by atomic mass is 19.1. The quantitative estimate of drug-likeness (QED) is 0.504. The second-order valence-corrected chi connectivity index (χ2v) is 6.98. The molecule has 0 aliphatic carbocycles. The topological polar surface area (TPSA) is 78.9 Å². The van der Waals surface area contributed by atoms with Crippen LogP contribution in [0, 0.1) is 11.6 Å². The van der Waals surface area contributed by atoms with Gasteiger partial charge in [0, 0.05) is 19.1 Å². The van der Waals surface area contributed by atoms with Gasteiger partial charge in [-0.05, 0) is 37.1 Å². The lowest BCUT2D eigenvalue weighted by atomic mass is 9.94. The van der Waals surface area contributed by atoms with Gasteiger partial charge in [-0.25, -0.2) is 13.5 Å². The van der Waals surface area contributed by atoms with Gasteiger partial charge in [-0.3, -0.25) is 0 Å². The van der Waals surface area contributed by atoms with Crippen LogP contribution in [0.15, 0.2) is 53.1 Å². The van der Waals surface area contributed by atoms with Crippen molar-refractivity contribution in [3.8, 4) is 28.7 Å². The summed E-state index contributed by atoms with van der Waals surface area (Å²) in [6.07, 6.45) is 1.45. The zero-order valence-electron chi connectivity index (χ0n) is 15.8. The fraction of sp³-hybridized carbons (Fsp3) is 0.238. The summed E-state index contributed by atoms with van der Waals surface area (Å²) in [7, 11) is 0. The molecule has 2 aromatic heterocycles. The van der Waals surface area contributed by atoms with Crippen LogP contribution in [0.4, 0.5) is 8.78 Å². The van der Waals surface area contributed by atoms with E-state index in [1.807, 2.05) is 0 Å². The zero-order valence-corrected chi connectivity index (χ0v) is 15.8. The molecule has 0 atom stereocenters. The highest BCUT2D eigenvalue weighted by molar-refractivity contribution is 5.60. The Labute approximate surface area is 170 Å². The van der Waals surface area contributed by atoms with Gasteiger partial charge < -0.3 is 9.26 Å². The van der Waals surface area contributed by atoms with Crippen molar-refractivity contribution in [3.05, 3.63) is 65.9 Å². The van der Waals surface area contributed by atoms with Crippen LogP contribution in [0.3, 0.4) is 0 Å². The fourth-order valence-electron chi connectivity index (χ4n) is 3.65. The molecule has 1 aliphatic rings. The molecule has 0 amide bonds. The SMILES string of the molecule is Fc1ccccc1-c1noc(-c2nnn(-c3ccccc3F)c2C2CCOCC2)n1. The number of ether oxygens (including phenoxy) is 1. The van der Waals surface area contributed by atoms with Crippen LogP contribution < -0.4 is 0 Å². The van der Waals surface area contributed by atoms with Crippen molar-refractivity contribution >= 4 is 0 Å². The second kappa shape index (κ2) is 7.75. The third-order valence-corrected chi connectivity index (χ3v) is 5.14. The van der Waals surface area contributed by atoms with Crippen molar-refractivity contribution in [2.45, 2.75) is 18.8 Å². The Bertz CT molecular complexity index is 1180. The molecule has 0 N–H and O–H groups in total. The largest absolute Gasteiger partial charge is 0.381 e. The highest BCUT2D eigenvalue weighted by Crippen LogP contribution is 2.35. The van der Waals surface area contributed by atoms with Gasteiger partial charge in [-0.1, -0.05) is 34.6 Å². The van der Waals surface area contributed by atoms with E-state index >= 15 is 0 Å². The van der Waals surface area contributed by atoms with Crippen LogP contribution in [0.25, 0.3) is 28.7 Å². The van der Waals surface area contributed by atoms with Gasteiger partial charge in [0.25, 0.3) is 5.89 Å². The zero-order chi connectivity index (χ0) is 20.5. The first-order valence-electron chi connectivity index (χ1n) is 9.59. The van der Waals surface area contributed by atoms with Gasteiger partial charge in [-0.15, -0.1) is 5.10 Å². The molecule has 2 aromatic carbocycles. The minimum absolute atomic E-state index is 0.0205. The lowest BCUT2D eigenvalue weighted by Gasteiger charge is -2.23. The van der Waals surface area contributed by atoms with E-state index in [4.69, 9.17) is 9.26 Å². The van der Waals surface area contributed by atoms with Crippen LogP contribution >= 0.6 is 0 Å². The minimum atomic E-state index is -0.454. The molecular weight excluding hydrogens is 392 g/mol. The van der Waals surface area contributed by atoms with Crippen molar-refractivity contribution in [2.24, 2.45) is 0 Å². The first kappa shape index (κ1) is 18.6. The van der Waals surface area contributed by atoms with E-state index in [1.165, 1.54) is 16.8 Å². The maximum absolute atomic E-state index is 14.5. The molecule has 4 aromatic rings. The summed E-state index contributed by atoms with van der Waals surface area (Å²) in [4.78, 5) is 4.34. The Balaban J connectivity index is 1.62. The molecule has 0 saturated carbocycles. The van der Waals surface area contributed by atoms with E-state index in [1.54, 1.807) is 36.4 Å². The van der Waals surface area contributed by atoms with Crippen molar-refractivity contribution in [1.29, 1.82) is 0 Å². The molecule has 152 valence electrons. The summed E-state index contributed by atoms with van der Waals surface area (Å²) in [5.74, 6) is -0.629. The first-order valence-corrected chi connectivity index (χ1v) is 9.59. The molecule has 0 bridgehead atoms. The normalized spacial score (nSPS) is 14.9. The van der Waals surface area contributed by atoms with Crippen LogP contribution in [0.5, 0.6) is 0 Å². The van der Waals surface area contributed by atoms with E-state index in [0.717, 1.165) is 12.8 Å². The van der Waals surface area contributed by atoms with Gasteiger partial charge in [0.05, 0.1) is 11.3 Å². The van der Waals surface area contributed by atoms with Gasteiger partial charge in [-0.2, -0.15) is 4.98 Å². The average Bonchev–Trinajstić information content (AvgIpc) is 3.42. The molecule has 3 heterocycles. The van der Waals surface area contributed by atoms with E-state index in [9.17, 15) is 8.78 Å². The Morgan fingerprint density at radius 1 is 0.933 bits per heavy atom. The maximum atomic E-state index is 14.5. The molecule has 30 heavy (non-hydrogen) atoms. The van der Waals surface area contributed by atoms with Gasteiger partial charge in [0.15, 0.2) is 5.69 Å². The Kier molecular flexibility index (Phi) is 4.80. The Morgan fingerprint density at radius 2 is 1.67 bits per heavy atom. The predicted octanol–water partition coefficient (Wildman–Crippen LogP) is 4.16. The lowest BCUT2D eigenvalue weighted by molar-refractivity contribution is 0.0840. The van der Waals surface area contributed by atoms with Crippen LogP contribution in [0.2, 0.25) is 0 Å². The second-order valence-electron chi connectivity index (χ2n) is 6.98. The molecular formula is C21H17F2N5O2. The smallest absolute Gasteiger partial charge is 0.280 e. The monoisotopic (exact) mass is 409 g/mol. The summed E-state index contributed by atoms with van der Waals surface area (Å²) in [5.41, 5.74) is 1.54. The fourth-order valence-corrected chi connectivity index (χ4v) is 3.65. The number of halogens is 2. The number of aromatic nitrogens is 5. The molecule has 1 fully saturated rings. The third kappa shape index (κ3) is 3.26.